The first-order valence-electron chi connectivity index (χ1n) is 8.38. The number of imidazole rings is 1. The first-order valence-corrected chi connectivity index (χ1v) is 8.76. The summed E-state index contributed by atoms with van der Waals surface area (Å²) in [7, 11) is 0. The molecular weight excluding hydrogens is 376 g/mol. The van der Waals surface area contributed by atoms with E-state index in [1.54, 1.807) is 35.4 Å². The maximum absolute atomic E-state index is 11.6. The third kappa shape index (κ3) is 3.56. The van der Waals surface area contributed by atoms with Crippen LogP contribution in [0.1, 0.15) is 0 Å². The number of hydrogen-bond acceptors (Lipinski definition) is 5. The molecule has 0 atom stereocenters. The van der Waals surface area contributed by atoms with Crippen LogP contribution in [0, 0.1) is 0 Å². The second-order valence-electron chi connectivity index (χ2n) is 5.88. The number of rotatable bonds is 5. The van der Waals surface area contributed by atoms with E-state index in [4.69, 9.17) is 11.6 Å². The molecule has 2 N–H and O–H groups in total. The molecule has 4 aromatic rings. The molecule has 0 fully saturated rings. The molecule has 138 valence electrons. The van der Waals surface area contributed by atoms with E-state index in [0.29, 0.717) is 22.3 Å². The Bertz CT molecular complexity index is 1190. The van der Waals surface area contributed by atoms with Crippen molar-refractivity contribution < 1.29 is 4.79 Å². The standard InChI is InChI=1S/C20H15ClN6O/c1-2-20(28)24-13-7-8-16-17(9-13)27(12-23-16)19-11-22-10-18(26-19)25-15-6-4-3-5-14(15)21/h2-12H,1H2,(H,24,28)(H,25,26). The van der Waals surface area contributed by atoms with E-state index in [9.17, 15) is 4.79 Å². The lowest BCUT2D eigenvalue weighted by molar-refractivity contribution is -0.111. The minimum Gasteiger partial charge on any atom is -0.338 e. The summed E-state index contributed by atoms with van der Waals surface area (Å²) >= 11 is 6.20. The number of carbonyl (C=O) groups excluding carboxylic acids is 1. The fourth-order valence-electron chi connectivity index (χ4n) is 2.69. The first-order chi connectivity index (χ1) is 13.6. The molecule has 7 nitrogen and oxygen atoms in total. The highest BCUT2D eigenvalue weighted by atomic mass is 35.5. The van der Waals surface area contributed by atoms with E-state index in [1.807, 2.05) is 30.3 Å². The van der Waals surface area contributed by atoms with E-state index >= 15 is 0 Å². The number of amides is 1. The van der Waals surface area contributed by atoms with Gasteiger partial charge in [0.2, 0.25) is 5.91 Å². The SMILES string of the molecule is C=CC(=O)Nc1ccc2ncn(-c3cncc(Nc4ccccc4Cl)n3)c2c1. The Morgan fingerprint density at radius 2 is 2.04 bits per heavy atom. The lowest BCUT2D eigenvalue weighted by Gasteiger charge is -2.09. The molecule has 0 aliphatic carbocycles. The molecule has 0 saturated heterocycles. The molecule has 1 amide bonds. The number of aromatic nitrogens is 4. The zero-order chi connectivity index (χ0) is 19.5. The number of nitrogens with zero attached hydrogens (tertiary/aromatic N) is 4. The van der Waals surface area contributed by atoms with Gasteiger partial charge in [0.15, 0.2) is 11.6 Å². The number of hydrogen-bond donors (Lipinski definition) is 2. The van der Waals surface area contributed by atoms with Crippen LogP contribution in [0.15, 0.2) is 73.8 Å². The van der Waals surface area contributed by atoms with Gasteiger partial charge in [-0.1, -0.05) is 30.3 Å². The van der Waals surface area contributed by atoms with E-state index in [1.165, 1.54) is 6.08 Å². The van der Waals surface area contributed by atoms with Crippen molar-refractivity contribution in [3.05, 3.63) is 78.9 Å². The first kappa shape index (κ1) is 17.7. The second kappa shape index (κ2) is 7.50. The van der Waals surface area contributed by atoms with Gasteiger partial charge in [-0.25, -0.2) is 9.97 Å². The Kier molecular flexibility index (Phi) is 4.74. The highest BCUT2D eigenvalue weighted by Gasteiger charge is 2.09. The Morgan fingerprint density at radius 3 is 2.86 bits per heavy atom. The fraction of sp³-hybridized carbons (Fsp3) is 0. The second-order valence-corrected chi connectivity index (χ2v) is 6.29. The van der Waals surface area contributed by atoms with E-state index < -0.39 is 0 Å². The van der Waals surface area contributed by atoms with Gasteiger partial charge >= 0.3 is 0 Å². The van der Waals surface area contributed by atoms with Crippen LogP contribution in [-0.2, 0) is 4.79 Å². The van der Waals surface area contributed by atoms with Crippen molar-refractivity contribution in [1.29, 1.82) is 0 Å². The molecule has 28 heavy (non-hydrogen) atoms. The van der Waals surface area contributed by atoms with Crippen molar-refractivity contribution >= 4 is 45.7 Å². The quantitative estimate of drug-likeness (QED) is 0.495. The molecule has 2 aromatic heterocycles. The van der Waals surface area contributed by atoms with Crippen LogP contribution in [0.4, 0.5) is 17.2 Å². The van der Waals surface area contributed by atoms with Crippen molar-refractivity contribution in [3.63, 3.8) is 0 Å². The van der Waals surface area contributed by atoms with E-state index in [2.05, 4.69) is 32.2 Å². The lowest BCUT2D eigenvalue weighted by Crippen LogP contribution is -2.07. The number of carbonyl (C=O) groups is 1. The largest absolute Gasteiger partial charge is 0.338 e. The molecule has 0 spiro atoms. The highest BCUT2D eigenvalue weighted by Crippen LogP contribution is 2.25. The summed E-state index contributed by atoms with van der Waals surface area (Å²) in [5, 5.41) is 6.49. The molecule has 0 unspecified atom stereocenters. The molecule has 2 aromatic carbocycles. The summed E-state index contributed by atoms with van der Waals surface area (Å²) in [6, 6.07) is 12.8. The van der Waals surface area contributed by atoms with Gasteiger partial charge in [0.25, 0.3) is 0 Å². The van der Waals surface area contributed by atoms with Gasteiger partial charge in [0.1, 0.15) is 6.33 Å². The Labute approximate surface area is 165 Å². The number of anilines is 3. The molecule has 0 saturated carbocycles. The lowest BCUT2D eigenvalue weighted by atomic mass is 10.2. The van der Waals surface area contributed by atoms with Crippen LogP contribution in [0.5, 0.6) is 0 Å². The summed E-state index contributed by atoms with van der Waals surface area (Å²) in [5.41, 5.74) is 2.92. The van der Waals surface area contributed by atoms with Crippen LogP contribution < -0.4 is 10.6 Å². The van der Waals surface area contributed by atoms with Gasteiger partial charge in [0, 0.05) is 5.69 Å². The molecule has 0 bridgehead atoms. The summed E-state index contributed by atoms with van der Waals surface area (Å²) in [6.07, 6.45) is 6.12. The zero-order valence-electron chi connectivity index (χ0n) is 14.6. The topological polar surface area (TPSA) is 84.7 Å². The van der Waals surface area contributed by atoms with Crippen molar-refractivity contribution in [2.75, 3.05) is 10.6 Å². The summed E-state index contributed by atoms with van der Waals surface area (Å²) in [5.74, 6) is 0.839. The van der Waals surface area contributed by atoms with Crippen LogP contribution in [0.2, 0.25) is 5.02 Å². The van der Waals surface area contributed by atoms with Crippen LogP contribution in [0.25, 0.3) is 16.9 Å². The fourth-order valence-corrected chi connectivity index (χ4v) is 2.88. The number of benzene rings is 2. The van der Waals surface area contributed by atoms with E-state index in [-0.39, 0.29) is 5.91 Å². The molecule has 0 radical (unpaired) electrons. The van der Waals surface area contributed by atoms with Gasteiger partial charge in [0.05, 0.1) is 34.1 Å². The smallest absolute Gasteiger partial charge is 0.247 e. The maximum atomic E-state index is 11.6. The van der Waals surface area contributed by atoms with Gasteiger partial charge < -0.3 is 10.6 Å². The Hall–Kier alpha value is -3.71. The van der Waals surface area contributed by atoms with Crippen molar-refractivity contribution in [2.45, 2.75) is 0 Å². The van der Waals surface area contributed by atoms with E-state index in [0.717, 1.165) is 16.7 Å². The van der Waals surface area contributed by atoms with Crippen molar-refractivity contribution in [1.82, 2.24) is 19.5 Å². The predicted molar refractivity (Wildman–Crippen MR) is 110 cm³/mol. The normalized spacial score (nSPS) is 10.6. The van der Waals surface area contributed by atoms with Crippen LogP contribution in [0.3, 0.4) is 0 Å². The molecule has 0 aliphatic rings. The zero-order valence-corrected chi connectivity index (χ0v) is 15.4. The molecule has 2 heterocycles. The van der Waals surface area contributed by atoms with Crippen molar-refractivity contribution in [3.8, 4) is 5.82 Å². The molecule has 8 heteroatoms. The number of fused-ring (bicyclic) bond motifs is 1. The Morgan fingerprint density at radius 1 is 1.18 bits per heavy atom. The molecule has 4 rings (SSSR count). The van der Waals surface area contributed by atoms with Gasteiger partial charge in [-0.05, 0) is 36.4 Å². The Balaban J connectivity index is 1.70. The van der Waals surface area contributed by atoms with Gasteiger partial charge in [-0.15, -0.1) is 0 Å². The highest BCUT2D eigenvalue weighted by molar-refractivity contribution is 6.33. The minimum atomic E-state index is -0.281. The van der Waals surface area contributed by atoms with Crippen LogP contribution >= 0.6 is 11.6 Å². The molecular formula is C20H15ClN6O. The average Bonchev–Trinajstić information content (AvgIpc) is 3.13. The van der Waals surface area contributed by atoms with Crippen LogP contribution in [-0.4, -0.2) is 25.4 Å². The summed E-state index contributed by atoms with van der Waals surface area (Å²) in [6.45, 7) is 3.46. The average molecular weight is 391 g/mol. The van der Waals surface area contributed by atoms with Gasteiger partial charge in [-0.2, -0.15) is 0 Å². The predicted octanol–water partition coefficient (Wildman–Crippen LogP) is 4.34. The van der Waals surface area contributed by atoms with Crippen molar-refractivity contribution in [2.24, 2.45) is 0 Å². The third-order valence-corrected chi connectivity index (χ3v) is 4.34. The van der Waals surface area contributed by atoms with Gasteiger partial charge in [-0.3, -0.25) is 14.3 Å². The number of halogens is 1. The molecule has 0 aliphatic heterocycles. The summed E-state index contributed by atoms with van der Waals surface area (Å²) in [4.78, 5) is 24.8. The monoisotopic (exact) mass is 390 g/mol. The minimum absolute atomic E-state index is 0.281. The third-order valence-electron chi connectivity index (χ3n) is 4.01. The number of para-hydroxylation sites is 1. The summed E-state index contributed by atoms with van der Waals surface area (Å²) < 4.78 is 1.80. The maximum Gasteiger partial charge on any atom is 0.247 e. The number of nitrogens with one attached hydrogen (secondary N) is 2.